The standard InChI is InChI=1S/C22H28N5O11P/c1-3-6-26-12-23-18-15(26)19(30)27(22(32)24(18)2)8-9-36-21(31)13-5-4-7-25(10-13)20-17(29)16(28)14(38-20)11-37-39(33,34)35/h4-5,7,10,12,14,16-17,20,28-29H,3,6,8-9,11H2,1-2H3,(H-,33,34,35)/p+1/t14?,16-,17-,20-/m1/s1. The van der Waals surface area contributed by atoms with Gasteiger partial charge in [0.05, 0.1) is 19.5 Å². The molecule has 1 aliphatic rings. The Labute approximate surface area is 220 Å². The number of aromatic nitrogens is 5. The van der Waals surface area contributed by atoms with Crippen LogP contribution in [0.5, 0.6) is 0 Å². The molecule has 1 fully saturated rings. The van der Waals surface area contributed by atoms with Crippen molar-refractivity contribution in [3.63, 3.8) is 0 Å². The van der Waals surface area contributed by atoms with Gasteiger partial charge in [-0.25, -0.2) is 19.1 Å². The van der Waals surface area contributed by atoms with E-state index in [0.29, 0.717) is 6.54 Å². The van der Waals surface area contributed by atoms with Crippen molar-refractivity contribution in [3.05, 3.63) is 57.3 Å². The lowest BCUT2D eigenvalue weighted by Gasteiger charge is -2.13. The Balaban J connectivity index is 1.45. The number of rotatable bonds is 10. The predicted molar refractivity (Wildman–Crippen MR) is 130 cm³/mol. The Kier molecular flexibility index (Phi) is 8.46. The lowest BCUT2D eigenvalue weighted by atomic mass is 10.1. The SMILES string of the molecule is CCCn1cnc2c1c(=O)n(CCOC(=O)c1ccc[n+]([C@@H]3OC(COP(=O)(O)O)[C@@H](O)[C@H]3O)c1)c(=O)n2C. The van der Waals surface area contributed by atoms with Crippen molar-refractivity contribution in [2.75, 3.05) is 13.2 Å². The molecule has 3 aromatic rings. The normalized spacial score (nSPS) is 21.5. The number of aliphatic hydroxyl groups excluding tert-OH is 2. The van der Waals surface area contributed by atoms with Crippen LogP contribution in [0.25, 0.3) is 11.2 Å². The summed E-state index contributed by atoms with van der Waals surface area (Å²) in [5.41, 5.74) is -0.579. The van der Waals surface area contributed by atoms with Gasteiger partial charge >= 0.3 is 19.5 Å². The molecule has 1 aliphatic heterocycles. The molecule has 0 amide bonds. The first kappa shape index (κ1) is 28.8. The highest BCUT2D eigenvalue weighted by Crippen LogP contribution is 2.37. The second-order valence-electron chi connectivity index (χ2n) is 8.92. The molecule has 39 heavy (non-hydrogen) atoms. The number of nitrogens with zero attached hydrogens (tertiary/aromatic N) is 5. The van der Waals surface area contributed by atoms with Gasteiger partial charge < -0.3 is 34.0 Å². The number of fused-ring (bicyclic) bond motifs is 1. The third-order valence-corrected chi connectivity index (χ3v) is 6.70. The fourth-order valence-electron chi connectivity index (χ4n) is 4.30. The Morgan fingerprint density at radius 3 is 2.67 bits per heavy atom. The number of aryl methyl sites for hydroxylation is 2. The van der Waals surface area contributed by atoms with Gasteiger partial charge in [0, 0.05) is 19.7 Å². The maximum atomic E-state index is 13.0. The van der Waals surface area contributed by atoms with Crippen LogP contribution >= 0.6 is 7.82 Å². The van der Waals surface area contributed by atoms with Crippen LogP contribution < -0.4 is 15.8 Å². The summed E-state index contributed by atoms with van der Waals surface area (Å²) in [6.45, 7) is 1.32. The molecule has 4 atom stereocenters. The Bertz CT molecular complexity index is 1530. The monoisotopic (exact) mass is 570 g/mol. The van der Waals surface area contributed by atoms with Crippen LogP contribution in [0.15, 0.2) is 40.4 Å². The zero-order chi connectivity index (χ0) is 28.5. The molecule has 0 aromatic carbocycles. The second kappa shape index (κ2) is 11.5. The number of ether oxygens (including phenoxy) is 2. The third-order valence-electron chi connectivity index (χ3n) is 6.21. The number of esters is 1. The summed E-state index contributed by atoms with van der Waals surface area (Å²) in [6, 6.07) is 2.88. The molecule has 1 unspecified atom stereocenters. The minimum Gasteiger partial charge on any atom is -0.460 e. The lowest BCUT2D eigenvalue weighted by Crippen LogP contribution is -2.46. The highest BCUT2D eigenvalue weighted by molar-refractivity contribution is 7.46. The van der Waals surface area contributed by atoms with Gasteiger partial charge in [-0.3, -0.25) is 18.5 Å². The molecular formula is C22H29N5O11P+. The first-order valence-electron chi connectivity index (χ1n) is 12.0. The molecule has 4 heterocycles. The number of imidazole rings is 1. The van der Waals surface area contributed by atoms with Crippen molar-refractivity contribution in [3.8, 4) is 0 Å². The molecule has 212 valence electrons. The summed E-state index contributed by atoms with van der Waals surface area (Å²) in [5.74, 6) is -0.791. The largest absolute Gasteiger partial charge is 0.469 e. The third kappa shape index (κ3) is 6.01. The fraction of sp³-hybridized carbons (Fsp3) is 0.500. The van der Waals surface area contributed by atoms with Crippen LogP contribution in [0.3, 0.4) is 0 Å². The highest BCUT2D eigenvalue weighted by Gasteiger charge is 2.49. The maximum Gasteiger partial charge on any atom is 0.469 e. The molecule has 0 bridgehead atoms. The van der Waals surface area contributed by atoms with Crippen LogP contribution in [-0.4, -0.2) is 76.2 Å². The smallest absolute Gasteiger partial charge is 0.460 e. The van der Waals surface area contributed by atoms with Gasteiger partial charge in [0.25, 0.3) is 11.8 Å². The fourth-order valence-corrected chi connectivity index (χ4v) is 4.64. The highest BCUT2D eigenvalue weighted by atomic mass is 31.2. The van der Waals surface area contributed by atoms with E-state index < -0.39 is 56.2 Å². The van der Waals surface area contributed by atoms with Crippen LogP contribution in [0.2, 0.25) is 0 Å². The molecule has 0 saturated carbocycles. The van der Waals surface area contributed by atoms with Crippen molar-refractivity contribution in [2.24, 2.45) is 7.05 Å². The summed E-state index contributed by atoms with van der Waals surface area (Å²) in [6.07, 6.45) is -0.459. The summed E-state index contributed by atoms with van der Waals surface area (Å²) in [5, 5.41) is 20.5. The molecule has 16 nitrogen and oxygen atoms in total. The van der Waals surface area contributed by atoms with Crippen LogP contribution in [0, 0.1) is 0 Å². The van der Waals surface area contributed by atoms with Gasteiger partial charge in [-0.1, -0.05) is 6.92 Å². The van der Waals surface area contributed by atoms with E-state index in [1.54, 1.807) is 4.57 Å². The number of carbonyl (C=O) groups excluding carboxylic acids is 1. The van der Waals surface area contributed by atoms with Crippen LogP contribution in [0.4, 0.5) is 0 Å². The molecule has 17 heteroatoms. The van der Waals surface area contributed by atoms with Crippen molar-refractivity contribution < 1.29 is 47.9 Å². The number of hydrogen-bond donors (Lipinski definition) is 4. The molecule has 1 saturated heterocycles. The number of pyridine rings is 1. The van der Waals surface area contributed by atoms with E-state index in [1.807, 2.05) is 6.92 Å². The summed E-state index contributed by atoms with van der Waals surface area (Å²) in [7, 11) is -3.32. The molecule has 4 N–H and O–H groups in total. The molecule has 4 rings (SSSR count). The summed E-state index contributed by atoms with van der Waals surface area (Å²) in [4.78, 5) is 60.3. The van der Waals surface area contributed by atoms with E-state index >= 15 is 0 Å². The van der Waals surface area contributed by atoms with E-state index in [2.05, 4.69) is 9.51 Å². The minimum atomic E-state index is -4.82. The Hall–Kier alpha value is -3.24. The number of aliphatic hydroxyl groups is 2. The van der Waals surface area contributed by atoms with Crippen molar-refractivity contribution >= 4 is 25.0 Å². The van der Waals surface area contributed by atoms with E-state index in [9.17, 15) is 29.2 Å². The van der Waals surface area contributed by atoms with Gasteiger partial charge in [-0.05, 0) is 12.5 Å². The van der Waals surface area contributed by atoms with Gasteiger partial charge in [0.15, 0.2) is 29.7 Å². The molecule has 0 radical (unpaired) electrons. The van der Waals surface area contributed by atoms with Gasteiger partial charge in [0.1, 0.15) is 24.4 Å². The van der Waals surface area contributed by atoms with Crippen molar-refractivity contribution in [1.82, 2.24) is 18.7 Å². The number of phosphoric ester groups is 1. The van der Waals surface area contributed by atoms with Crippen LogP contribution in [0.1, 0.15) is 29.9 Å². The average molecular weight is 570 g/mol. The van der Waals surface area contributed by atoms with E-state index in [-0.39, 0.29) is 29.9 Å². The maximum absolute atomic E-state index is 13.0. The first-order chi connectivity index (χ1) is 18.4. The van der Waals surface area contributed by atoms with Gasteiger partial charge in [-0.15, -0.1) is 0 Å². The topological polar surface area (TPSA) is 208 Å². The zero-order valence-electron chi connectivity index (χ0n) is 21.1. The first-order valence-corrected chi connectivity index (χ1v) is 13.5. The number of hydrogen-bond acceptors (Lipinski definition) is 10. The molecule has 3 aromatic heterocycles. The predicted octanol–water partition coefficient (Wildman–Crippen LogP) is -1.82. The minimum absolute atomic E-state index is 0.0365. The quantitative estimate of drug-likeness (QED) is 0.121. The van der Waals surface area contributed by atoms with Crippen molar-refractivity contribution in [1.29, 1.82) is 0 Å². The lowest BCUT2D eigenvalue weighted by molar-refractivity contribution is -0.765. The van der Waals surface area contributed by atoms with E-state index in [0.717, 1.165) is 11.0 Å². The Morgan fingerprint density at radius 1 is 1.23 bits per heavy atom. The van der Waals surface area contributed by atoms with E-state index in [4.69, 9.17) is 19.3 Å². The summed E-state index contributed by atoms with van der Waals surface area (Å²) < 4.78 is 31.2. The van der Waals surface area contributed by atoms with Crippen LogP contribution in [-0.2, 0) is 38.7 Å². The number of carbonyl (C=O) groups is 1. The van der Waals surface area contributed by atoms with E-state index in [1.165, 1.54) is 47.0 Å². The zero-order valence-corrected chi connectivity index (χ0v) is 22.0. The Morgan fingerprint density at radius 2 is 1.97 bits per heavy atom. The van der Waals surface area contributed by atoms with Crippen molar-refractivity contribution in [2.45, 2.75) is 51.0 Å². The van der Waals surface area contributed by atoms with Gasteiger partial charge in [0.2, 0.25) is 0 Å². The molecule has 0 aliphatic carbocycles. The molecular weight excluding hydrogens is 541 g/mol. The average Bonchev–Trinajstić information content (AvgIpc) is 3.44. The summed E-state index contributed by atoms with van der Waals surface area (Å²) >= 11 is 0. The molecule has 0 spiro atoms. The van der Waals surface area contributed by atoms with Gasteiger partial charge in [-0.2, -0.15) is 4.57 Å². The second-order valence-corrected chi connectivity index (χ2v) is 10.2. The number of phosphoric acid groups is 1.